The lowest BCUT2D eigenvalue weighted by Crippen LogP contribution is -2.48. The summed E-state index contributed by atoms with van der Waals surface area (Å²) in [6, 6.07) is 0.615. The van der Waals surface area contributed by atoms with Gasteiger partial charge < -0.3 is 19.7 Å². The van der Waals surface area contributed by atoms with E-state index in [4.69, 9.17) is 9.47 Å². The molecule has 0 bridgehead atoms. The summed E-state index contributed by atoms with van der Waals surface area (Å²) < 4.78 is 11.2. The number of nitrogens with one attached hydrogen (secondary N) is 1. The number of likely N-dealkylation sites (N-methyl/N-ethyl adjacent to an activating group) is 1. The normalized spacial score (nSPS) is 36.0. The summed E-state index contributed by atoms with van der Waals surface area (Å²) in [5, 5.41) is 3.64. The Bertz CT molecular complexity index is 225. The van der Waals surface area contributed by atoms with E-state index in [-0.39, 0.29) is 0 Å². The second-order valence-corrected chi connectivity index (χ2v) is 5.38. The summed E-state index contributed by atoms with van der Waals surface area (Å²) in [4.78, 5) is 2.34. The quantitative estimate of drug-likeness (QED) is 0.793. The van der Waals surface area contributed by atoms with Gasteiger partial charge in [0.1, 0.15) is 0 Å². The number of ether oxygens (including phenoxy) is 2. The monoisotopic (exact) mass is 242 g/mol. The molecule has 4 heteroatoms. The first-order valence-electron chi connectivity index (χ1n) is 6.84. The van der Waals surface area contributed by atoms with Gasteiger partial charge in [0.2, 0.25) is 0 Å². The van der Waals surface area contributed by atoms with Crippen LogP contribution >= 0.6 is 0 Å². The molecule has 4 nitrogen and oxygen atoms in total. The molecule has 1 saturated heterocycles. The molecule has 0 amide bonds. The Morgan fingerprint density at radius 1 is 1.41 bits per heavy atom. The lowest BCUT2D eigenvalue weighted by molar-refractivity contribution is -0.0215. The van der Waals surface area contributed by atoms with Crippen molar-refractivity contribution in [2.45, 2.75) is 43.9 Å². The third-order valence-corrected chi connectivity index (χ3v) is 3.94. The third-order valence-electron chi connectivity index (χ3n) is 3.94. The van der Waals surface area contributed by atoms with Crippen molar-refractivity contribution in [3.8, 4) is 0 Å². The molecule has 2 rings (SSSR count). The van der Waals surface area contributed by atoms with E-state index in [2.05, 4.69) is 17.3 Å². The van der Waals surface area contributed by atoms with Crippen molar-refractivity contribution >= 4 is 0 Å². The van der Waals surface area contributed by atoms with Crippen LogP contribution in [0.15, 0.2) is 0 Å². The van der Waals surface area contributed by atoms with Crippen LogP contribution in [0.25, 0.3) is 0 Å². The number of methoxy groups -OCH3 is 1. The molecule has 1 heterocycles. The van der Waals surface area contributed by atoms with Crippen LogP contribution in [0.5, 0.6) is 0 Å². The molecular formula is C13H26N2O2. The SMILES string of the molecule is COC1CCCC(NCC2CN(C)CCO2)C1. The third kappa shape index (κ3) is 4.21. The predicted octanol–water partition coefficient (Wildman–Crippen LogP) is 0.864. The molecule has 1 N–H and O–H groups in total. The molecule has 1 saturated carbocycles. The maximum Gasteiger partial charge on any atom is 0.0826 e. The fraction of sp³-hybridized carbons (Fsp3) is 1.00. The van der Waals surface area contributed by atoms with Crippen molar-refractivity contribution < 1.29 is 9.47 Å². The molecule has 100 valence electrons. The highest BCUT2D eigenvalue weighted by Crippen LogP contribution is 2.20. The topological polar surface area (TPSA) is 33.7 Å². The van der Waals surface area contributed by atoms with E-state index in [1.54, 1.807) is 0 Å². The Labute approximate surface area is 105 Å². The first kappa shape index (κ1) is 13.3. The Hall–Kier alpha value is -0.160. The summed E-state index contributed by atoms with van der Waals surface area (Å²) in [7, 11) is 3.99. The molecule has 0 aromatic heterocycles. The number of morpholine rings is 1. The van der Waals surface area contributed by atoms with Gasteiger partial charge in [0, 0.05) is 32.8 Å². The van der Waals surface area contributed by atoms with Gasteiger partial charge >= 0.3 is 0 Å². The minimum atomic E-state index is 0.358. The van der Waals surface area contributed by atoms with E-state index in [1.165, 1.54) is 19.3 Å². The lowest BCUT2D eigenvalue weighted by atomic mass is 9.93. The molecule has 17 heavy (non-hydrogen) atoms. The minimum Gasteiger partial charge on any atom is -0.381 e. The van der Waals surface area contributed by atoms with E-state index >= 15 is 0 Å². The van der Waals surface area contributed by atoms with Crippen LogP contribution in [-0.4, -0.2) is 63.5 Å². The Balaban J connectivity index is 1.66. The second kappa shape index (κ2) is 6.69. The van der Waals surface area contributed by atoms with Crippen LogP contribution in [0.2, 0.25) is 0 Å². The molecule has 0 radical (unpaired) electrons. The summed E-state index contributed by atoms with van der Waals surface area (Å²) in [5.41, 5.74) is 0. The molecule has 3 unspecified atom stereocenters. The van der Waals surface area contributed by atoms with Crippen LogP contribution in [0.3, 0.4) is 0 Å². The standard InChI is InChI=1S/C13H26N2O2/c1-15-6-7-17-13(10-15)9-14-11-4-3-5-12(8-11)16-2/h11-14H,3-10H2,1-2H3. The van der Waals surface area contributed by atoms with Gasteiger partial charge in [0.05, 0.1) is 18.8 Å². The van der Waals surface area contributed by atoms with E-state index < -0.39 is 0 Å². The molecular weight excluding hydrogens is 216 g/mol. The number of hydrogen-bond donors (Lipinski definition) is 1. The fourth-order valence-electron chi connectivity index (χ4n) is 2.83. The zero-order valence-corrected chi connectivity index (χ0v) is 11.2. The maximum atomic E-state index is 5.76. The van der Waals surface area contributed by atoms with Crippen LogP contribution in [0, 0.1) is 0 Å². The van der Waals surface area contributed by atoms with Crippen LogP contribution in [-0.2, 0) is 9.47 Å². The predicted molar refractivity (Wildman–Crippen MR) is 68.3 cm³/mol. The average Bonchev–Trinajstić information content (AvgIpc) is 2.37. The molecule has 1 aliphatic heterocycles. The van der Waals surface area contributed by atoms with Crippen molar-refractivity contribution in [2.75, 3.05) is 40.4 Å². The first-order chi connectivity index (χ1) is 8.28. The van der Waals surface area contributed by atoms with Crippen molar-refractivity contribution in [1.29, 1.82) is 0 Å². The summed E-state index contributed by atoms with van der Waals surface area (Å²) in [5.74, 6) is 0. The van der Waals surface area contributed by atoms with Gasteiger partial charge in [0.25, 0.3) is 0 Å². The highest BCUT2D eigenvalue weighted by Gasteiger charge is 2.23. The van der Waals surface area contributed by atoms with E-state index in [9.17, 15) is 0 Å². The molecule has 1 aliphatic carbocycles. The molecule has 3 atom stereocenters. The summed E-state index contributed by atoms with van der Waals surface area (Å²) >= 11 is 0. The van der Waals surface area contributed by atoms with Gasteiger partial charge in [-0.15, -0.1) is 0 Å². The van der Waals surface area contributed by atoms with Gasteiger partial charge in [-0.25, -0.2) is 0 Å². The molecule has 0 aromatic rings. The highest BCUT2D eigenvalue weighted by atomic mass is 16.5. The summed E-state index contributed by atoms with van der Waals surface area (Å²) in [6.45, 7) is 3.96. The largest absolute Gasteiger partial charge is 0.381 e. The van der Waals surface area contributed by atoms with Crippen LogP contribution < -0.4 is 5.32 Å². The van der Waals surface area contributed by atoms with Gasteiger partial charge in [0.15, 0.2) is 0 Å². The lowest BCUT2D eigenvalue weighted by Gasteiger charge is -2.33. The molecule has 0 spiro atoms. The Morgan fingerprint density at radius 3 is 3.06 bits per heavy atom. The average molecular weight is 242 g/mol. The maximum absolute atomic E-state index is 5.76. The molecule has 0 aromatic carbocycles. The van der Waals surface area contributed by atoms with Crippen LogP contribution in [0.1, 0.15) is 25.7 Å². The van der Waals surface area contributed by atoms with E-state index in [0.717, 1.165) is 32.7 Å². The number of hydrogen-bond acceptors (Lipinski definition) is 4. The van der Waals surface area contributed by atoms with Crippen molar-refractivity contribution in [3.05, 3.63) is 0 Å². The molecule has 2 fully saturated rings. The second-order valence-electron chi connectivity index (χ2n) is 5.38. The van der Waals surface area contributed by atoms with Crippen molar-refractivity contribution in [1.82, 2.24) is 10.2 Å². The van der Waals surface area contributed by atoms with E-state index in [1.807, 2.05) is 7.11 Å². The van der Waals surface area contributed by atoms with Gasteiger partial charge in [-0.05, 0) is 32.7 Å². The van der Waals surface area contributed by atoms with Gasteiger partial charge in [-0.3, -0.25) is 0 Å². The van der Waals surface area contributed by atoms with Gasteiger partial charge in [-0.1, -0.05) is 0 Å². The van der Waals surface area contributed by atoms with E-state index in [0.29, 0.717) is 18.2 Å². The zero-order valence-electron chi connectivity index (χ0n) is 11.2. The molecule has 2 aliphatic rings. The smallest absolute Gasteiger partial charge is 0.0826 e. The fourth-order valence-corrected chi connectivity index (χ4v) is 2.83. The van der Waals surface area contributed by atoms with Crippen LogP contribution in [0.4, 0.5) is 0 Å². The zero-order chi connectivity index (χ0) is 12.1. The van der Waals surface area contributed by atoms with Crippen molar-refractivity contribution in [2.24, 2.45) is 0 Å². The first-order valence-corrected chi connectivity index (χ1v) is 6.84. The number of rotatable bonds is 4. The highest BCUT2D eigenvalue weighted by molar-refractivity contribution is 4.80. The number of nitrogens with zero attached hydrogens (tertiary/aromatic N) is 1. The Kier molecular flexibility index (Phi) is 5.22. The minimum absolute atomic E-state index is 0.358. The Morgan fingerprint density at radius 2 is 2.29 bits per heavy atom. The van der Waals surface area contributed by atoms with Gasteiger partial charge in [-0.2, -0.15) is 0 Å². The van der Waals surface area contributed by atoms with Crippen molar-refractivity contribution in [3.63, 3.8) is 0 Å². The summed E-state index contributed by atoms with van der Waals surface area (Å²) in [6.07, 6.45) is 5.74.